The highest BCUT2D eigenvalue weighted by molar-refractivity contribution is 5.76. The Morgan fingerprint density at radius 3 is 2.43 bits per heavy atom. The molecule has 0 aliphatic carbocycles. The first-order valence-corrected chi connectivity index (χ1v) is 3.92. The van der Waals surface area contributed by atoms with Crippen molar-refractivity contribution >= 4 is 12.6 Å². The highest BCUT2D eigenvalue weighted by atomic mass is 16.4. The minimum absolute atomic E-state index is 0.226. The molecule has 0 saturated carbocycles. The van der Waals surface area contributed by atoms with Gasteiger partial charge in [0.1, 0.15) is 12.0 Å². The predicted molar refractivity (Wildman–Crippen MR) is 47.2 cm³/mol. The third kappa shape index (κ3) is 1.37. The number of hydrogen-bond donors (Lipinski definition) is 0. The summed E-state index contributed by atoms with van der Waals surface area (Å²) in [6.07, 6.45) is 2.62. The van der Waals surface area contributed by atoms with E-state index in [0.29, 0.717) is 23.9 Å². The van der Waals surface area contributed by atoms with Crippen LogP contribution in [0.2, 0.25) is 0 Å². The Balaban J connectivity index is 2.38. The summed E-state index contributed by atoms with van der Waals surface area (Å²) in [4.78, 5) is 20.7. The van der Waals surface area contributed by atoms with E-state index in [1.807, 2.05) is 0 Å². The van der Waals surface area contributed by atoms with Crippen molar-refractivity contribution < 1.29 is 18.4 Å². The topological polar surface area (TPSA) is 60.4 Å². The number of furan rings is 2. The second-order valence-corrected chi connectivity index (χ2v) is 2.68. The first-order valence-electron chi connectivity index (χ1n) is 3.92. The van der Waals surface area contributed by atoms with Gasteiger partial charge in [0.15, 0.2) is 24.1 Å². The van der Waals surface area contributed by atoms with Gasteiger partial charge in [-0.15, -0.1) is 0 Å². The molecule has 0 aromatic carbocycles. The Hall–Kier alpha value is -2.10. The number of hydrogen-bond acceptors (Lipinski definition) is 4. The Labute approximate surface area is 79.1 Å². The predicted octanol–water partition coefficient (Wildman–Crippen LogP) is 2.16. The van der Waals surface area contributed by atoms with Crippen LogP contribution in [0.15, 0.2) is 33.3 Å². The van der Waals surface area contributed by atoms with Crippen molar-refractivity contribution in [2.24, 2.45) is 0 Å². The zero-order valence-electron chi connectivity index (χ0n) is 7.10. The molecule has 0 saturated heterocycles. The van der Waals surface area contributed by atoms with Crippen molar-refractivity contribution in [1.29, 1.82) is 0 Å². The molecule has 4 heteroatoms. The van der Waals surface area contributed by atoms with E-state index in [-0.39, 0.29) is 11.5 Å². The largest absolute Gasteiger partial charge is 0.461 e. The molecule has 2 heterocycles. The second-order valence-electron chi connectivity index (χ2n) is 2.68. The monoisotopic (exact) mass is 190 g/mol. The van der Waals surface area contributed by atoms with Crippen LogP contribution in [0.1, 0.15) is 21.1 Å². The van der Waals surface area contributed by atoms with Crippen LogP contribution in [-0.2, 0) is 0 Å². The average molecular weight is 190 g/mol. The quantitative estimate of drug-likeness (QED) is 0.696. The van der Waals surface area contributed by atoms with Gasteiger partial charge < -0.3 is 8.83 Å². The van der Waals surface area contributed by atoms with Gasteiger partial charge in [0.2, 0.25) is 0 Å². The smallest absolute Gasteiger partial charge is 0.185 e. The van der Waals surface area contributed by atoms with Crippen molar-refractivity contribution in [3.8, 4) is 11.3 Å². The van der Waals surface area contributed by atoms with E-state index in [0.717, 1.165) is 0 Å². The summed E-state index contributed by atoms with van der Waals surface area (Å²) in [5, 5.41) is 0. The third-order valence-electron chi connectivity index (χ3n) is 1.76. The summed E-state index contributed by atoms with van der Waals surface area (Å²) in [7, 11) is 0. The summed E-state index contributed by atoms with van der Waals surface area (Å²) >= 11 is 0. The Bertz CT molecular complexity index is 420. The maximum absolute atomic E-state index is 10.3. The fraction of sp³-hybridized carbons (Fsp3) is 0. The molecular formula is C10H6O4. The Kier molecular flexibility index (Phi) is 2.02. The number of rotatable bonds is 3. The summed E-state index contributed by atoms with van der Waals surface area (Å²) in [6.45, 7) is 0. The molecular weight excluding hydrogens is 184 g/mol. The molecule has 2 rings (SSSR count). The maximum Gasteiger partial charge on any atom is 0.185 e. The number of carbonyl (C=O) groups excluding carboxylic acids is 2. The molecule has 2 aromatic rings. The molecule has 0 unspecified atom stereocenters. The maximum atomic E-state index is 10.3. The van der Waals surface area contributed by atoms with Gasteiger partial charge in [-0.05, 0) is 18.2 Å². The van der Waals surface area contributed by atoms with Gasteiger partial charge in [-0.3, -0.25) is 9.59 Å². The van der Waals surface area contributed by atoms with Gasteiger partial charge in [-0.1, -0.05) is 0 Å². The fourth-order valence-electron chi connectivity index (χ4n) is 1.12. The first-order chi connectivity index (χ1) is 6.83. The zero-order chi connectivity index (χ0) is 9.97. The lowest BCUT2D eigenvalue weighted by molar-refractivity contribution is 0.109. The van der Waals surface area contributed by atoms with Crippen LogP contribution in [0.3, 0.4) is 0 Å². The molecule has 0 aliphatic rings. The molecule has 2 aromatic heterocycles. The lowest BCUT2D eigenvalue weighted by Crippen LogP contribution is -1.70. The number of carbonyl (C=O) groups is 2. The fourth-order valence-corrected chi connectivity index (χ4v) is 1.12. The van der Waals surface area contributed by atoms with E-state index in [4.69, 9.17) is 8.83 Å². The third-order valence-corrected chi connectivity index (χ3v) is 1.76. The molecule has 0 aliphatic heterocycles. The zero-order valence-corrected chi connectivity index (χ0v) is 7.10. The molecule has 70 valence electrons. The Morgan fingerprint density at radius 1 is 1.07 bits per heavy atom. The van der Waals surface area contributed by atoms with Crippen LogP contribution in [0.5, 0.6) is 0 Å². The molecule has 0 atom stereocenters. The van der Waals surface area contributed by atoms with Gasteiger partial charge in [-0.25, -0.2) is 0 Å². The van der Waals surface area contributed by atoms with Crippen molar-refractivity contribution in [1.82, 2.24) is 0 Å². The van der Waals surface area contributed by atoms with E-state index in [9.17, 15) is 9.59 Å². The molecule has 4 nitrogen and oxygen atoms in total. The van der Waals surface area contributed by atoms with E-state index < -0.39 is 0 Å². The van der Waals surface area contributed by atoms with Crippen LogP contribution in [0.25, 0.3) is 11.3 Å². The molecule has 0 fully saturated rings. The van der Waals surface area contributed by atoms with Crippen molar-refractivity contribution in [2.75, 3.05) is 0 Å². The minimum Gasteiger partial charge on any atom is -0.461 e. The first kappa shape index (κ1) is 8.50. The minimum atomic E-state index is 0.226. The van der Waals surface area contributed by atoms with Gasteiger partial charge >= 0.3 is 0 Å². The summed E-state index contributed by atoms with van der Waals surface area (Å²) < 4.78 is 10.0. The van der Waals surface area contributed by atoms with E-state index in [1.165, 1.54) is 6.26 Å². The van der Waals surface area contributed by atoms with Crippen molar-refractivity contribution in [3.63, 3.8) is 0 Å². The molecule has 14 heavy (non-hydrogen) atoms. The Morgan fingerprint density at radius 2 is 1.86 bits per heavy atom. The SMILES string of the molecule is O=Cc1cc(-c2ccc(C=O)o2)co1. The molecule has 0 radical (unpaired) electrons. The summed E-state index contributed by atoms with van der Waals surface area (Å²) in [6, 6.07) is 4.74. The van der Waals surface area contributed by atoms with Crippen LogP contribution >= 0.6 is 0 Å². The average Bonchev–Trinajstić information content (AvgIpc) is 2.86. The van der Waals surface area contributed by atoms with E-state index >= 15 is 0 Å². The summed E-state index contributed by atoms with van der Waals surface area (Å²) in [5.41, 5.74) is 0.639. The van der Waals surface area contributed by atoms with Crippen LogP contribution in [0.4, 0.5) is 0 Å². The molecule has 0 amide bonds. The lowest BCUT2D eigenvalue weighted by atomic mass is 10.2. The summed E-state index contributed by atoms with van der Waals surface area (Å²) in [5.74, 6) is 0.974. The molecule has 0 N–H and O–H groups in total. The van der Waals surface area contributed by atoms with Gasteiger partial charge in [0.05, 0.1) is 5.56 Å². The highest BCUT2D eigenvalue weighted by Crippen LogP contribution is 2.23. The van der Waals surface area contributed by atoms with Gasteiger partial charge in [-0.2, -0.15) is 0 Å². The standard InChI is InChI=1S/C10H6O4/c11-4-8-1-2-10(14-8)7-3-9(5-12)13-6-7/h1-6H. The van der Waals surface area contributed by atoms with Crippen LogP contribution < -0.4 is 0 Å². The number of aldehydes is 2. The van der Waals surface area contributed by atoms with Crippen molar-refractivity contribution in [2.45, 2.75) is 0 Å². The highest BCUT2D eigenvalue weighted by Gasteiger charge is 2.07. The van der Waals surface area contributed by atoms with Gasteiger partial charge in [0.25, 0.3) is 0 Å². The van der Waals surface area contributed by atoms with E-state index in [2.05, 4.69) is 0 Å². The molecule has 0 bridgehead atoms. The van der Waals surface area contributed by atoms with Crippen LogP contribution in [-0.4, -0.2) is 12.6 Å². The van der Waals surface area contributed by atoms with E-state index in [1.54, 1.807) is 18.2 Å². The molecule has 0 spiro atoms. The van der Waals surface area contributed by atoms with Crippen LogP contribution in [0, 0.1) is 0 Å². The van der Waals surface area contributed by atoms with Gasteiger partial charge in [0, 0.05) is 0 Å². The second kappa shape index (κ2) is 3.33. The lowest BCUT2D eigenvalue weighted by Gasteiger charge is -1.86. The normalized spacial score (nSPS) is 10.0. The van der Waals surface area contributed by atoms with Crippen molar-refractivity contribution in [3.05, 3.63) is 36.0 Å².